The maximum absolute atomic E-state index is 12.9. The third kappa shape index (κ3) is 3.78. The van der Waals surface area contributed by atoms with E-state index in [0.717, 1.165) is 5.56 Å². The van der Waals surface area contributed by atoms with Crippen molar-refractivity contribution in [3.05, 3.63) is 70.3 Å². The molecule has 2 heterocycles. The van der Waals surface area contributed by atoms with Crippen LogP contribution in [-0.4, -0.2) is 28.2 Å². The highest BCUT2D eigenvalue weighted by Crippen LogP contribution is 2.41. The van der Waals surface area contributed by atoms with E-state index in [1.807, 2.05) is 12.1 Å². The van der Waals surface area contributed by atoms with Crippen LogP contribution in [0.15, 0.2) is 58.4 Å². The van der Waals surface area contributed by atoms with Gasteiger partial charge in [-0.1, -0.05) is 44.5 Å². The van der Waals surface area contributed by atoms with Gasteiger partial charge in [-0.15, -0.1) is 0 Å². The van der Waals surface area contributed by atoms with Gasteiger partial charge in [0.2, 0.25) is 0 Å². The van der Waals surface area contributed by atoms with Gasteiger partial charge in [0.15, 0.2) is 11.5 Å². The Balaban J connectivity index is 1.93. The number of furan rings is 1. The topological polar surface area (TPSA) is 70.8 Å². The molecular weight excluding hydrogens is 366 g/mol. The van der Waals surface area contributed by atoms with E-state index in [9.17, 15) is 14.7 Å². The summed E-state index contributed by atoms with van der Waals surface area (Å²) < 4.78 is 5.50. The molecule has 3 rings (SSSR count). The lowest BCUT2D eigenvalue weighted by molar-refractivity contribution is -0.129. The van der Waals surface area contributed by atoms with Gasteiger partial charge in [-0.25, -0.2) is 0 Å². The summed E-state index contributed by atoms with van der Waals surface area (Å²) in [5.74, 6) is -0.870. The van der Waals surface area contributed by atoms with Gasteiger partial charge in [-0.05, 0) is 36.2 Å². The summed E-state index contributed by atoms with van der Waals surface area (Å²) >= 11 is 5.91. The first kappa shape index (κ1) is 19.2. The fraction of sp³-hybridized carbons (Fsp3) is 0.333. The Morgan fingerprint density at radius 2 is 1.89 bits per heavy atom. The third-order valence-electron chi connectivity index (χ3n) is 4.60. The molecule has 0 radical (unpaired) electrons. The molecular formula is C21H22ClNO4. The van der Waals surface area contributed by atoms with Gasteiger partial charge in [0.25, 0.3) is 5.91 Å². The molecule has 5 nitrogen and oxygen atoms in total. The highest BCUT2D eigenvalue weighted by atomic mass is 35.5. The van der Waals surface area contributed by atoms with Gasteiger partial charge in [-0.2, -0.15) is 0 Å². The number of carbonyl (C=O) groups excluding carboxylic acids is 2. The summed E-state index contributed by atoms with van der Waals surface area (Å²) in [7, 11) is 0. The van der Waals surface area contributed by atoms with Crippen molar-refractivity contribution >= 4 is 23.3 Å². The van der Waals surface area contributed by atoms with E-state index in [2.05, 4.69) is 0 Å². The van der Waals surface area contributed by atoms with E-state index in [0.29, 0.717) is 23.7 Å². The number of nitrogens with zero attached hydrogens (tertiary/aromatic N) is 1. The molecule has 0 aliphatic carbocycles. The van der Waals surface area contributed by atoms with Crippen LogP contribution in [0.4, 0.5) is 0 Å². The quantitative estimate of drug-likeness (QED) is 0.820. The summed E-state index contributed by atoms with van der Waals surface area (Å²) in [5.41, 5.74) is 0.361. The summed E-state index contributed by atoms with van der Waals surface area (Å²) in [6, 6.07) is 10.0. The highest BCUT2D eigenvalue weighted by Gasteiger charge is 2.46. The van der Waals surface area contributed by atoms with Gasteiger partial charge < -0.3 is 14.4 Å². The van der Waals surface area contributed by atoms with Gasteiger partial charge in [0.1, 0.15) is 11.8 Å². The third-order valence-corrected chi connectivity index (χ3v) is 4.85. The van der Waals surface area contributed by atoms with E-state index in [-0.39, 0.29) is 11.4 Å². The monoisotopic (exact) mass is 387 g/mol. The lowest BCUT2D eigenvalue weighted by atomic mass is 9.83. The molecule has 0 saturated heterocycles. The fourth-order valence-electron chi connectivity index (χ4n) is 3.16. The molecule has 1 N–H and O–H groups in total. The molecule has 0 bridgehead atoms. The fourth-order valence-corrected chi connectivity index (χ4v) is 3.29. The van der Waals surface area contributed by atoms with Crippen LogP contribution in [0, 0.1) is 5.41 Å². The molecule has 1 aliphatic heterocycles. The van der Waals surface area contributed by atoms with Crippen LogP contribution >= 0.6 is 11.6 Å². The van der Waals surface area contributed by atoms with Crippen molar-refractivity contribution in [1.82, 2.24) is 4.90 Å². The minimum absolute atomic E-state index is 0.0959. The zero-order chi connectivity index (χ0) is 19.8. The minimum Gasteiger partial charge on any atom is -0.503 e. The van der Waals surface area contributed by atoms with Gasteiger partial charge >= 0.3 is 0 Å². The van der Waals surface area contributed by atoms with Crippen molar-refractivity contribution in [2.75, 3.05) is 6.54 Å². The van der Waals surface area contributed by atoms with Crippen LogP contribution in [0.2, 0.25) is 5.02 Å². The Morgan fingerprint density at radius 3 is 2.44 bits per heavy atom. The molecule has 1 aromatic heterocycles. The summed E-state index contributed by atoms with van der Waals surface area (Å²) in [6.45, 7) is 5.61. The molecule has 2 aromatic rings. The number of rotatable bonds is 5. The lowest BCUT2D eigenvalue weighted by Crippen LogP contribution is -2.34. The van der Waals surface area contributed by atoms with Crippen LogP contribution < -0.4 is 0 Å². The second-order valence-corrected chi connectivity index (χ2v) is 8.07. The standard InChI is InChI=1S/C21H22ClNO4/c1-21(2,3)19(25)16-17(15-5-4-12-27-15)23(20(26)18(16)24)11-10-13-6-8-14(22)9-7-13/h4-9,12,17,24H,10-11H2,1-3H3. The Kier molecular flexibility index (Phi) is 5.16. The van der Waals surface area contributed by atoms with E-state index in [1.54, 1.807) is 45.0 Å². The largest absolute Gasteiger partial charge is 0.503 e. The van der Waals surface area contributed by atoms with Crippen LogP contribution in [0.1, 0.15) is 38.1 Å². The number of ketones is 1. The normalized spacial score (nSPS) is 17.7. The maximum atomic E-state index is 12.9. The first-order valence-electron chi connectivity index (χ1n) is 8.77. The SMILES string of the molecule is CC(C)(C)C(=O)C1=C(O)C(=O)N(CCc2ccc(Cl)cc2)C1c1ccco1. The van der Waals surface area contributed by atoms with Crippen LogP contribution in [-0.2, 0) is 16.0 Å². The zero-order valence-electron chi connectivity index (χ0n) is 15.5. The molecule has 1 atom stereocenters. The van der Waals surface area contributed by atoms with Crippen LogP contribution in [0.3, 0.4) is 0 Å². The Hall–Kier alpha value is -2.53. The van der Waals surface area contributed by atoms with E-state index >= 15 is 0 Å². The van der Waals surface area contributed by atoms with Crippen LogP contribution in [0.25, 0.3) is 0 Å². The van der Waals surface area contributed by atoms with Crippen molar-refractivity contribution in [1.29, 1.82) is 0 Å². The summed E-state index contributed by atoms with van der Waals surface area (Å²) in [5, 5.41) is 11.1. The second-order valence-electron chi connectivity index (χ2n) is 7.63. The van der Waals surface area contributed by atoms with Crippen molar-refractivity contribution < 1.29 is 19.1 Å². The molecule has 0 spiro atoms. The number of benzene rings is 1. The number of Topliss-reactive ketones (excluding diaryl/α,β-unsaturated/α-hetero) is 1. The molecule has 6 heteroatoms. The van der Waals surface area contributed by atoms with E-state index in [4.69, 9.17) is 16.0 Å². The Morgan fingerprint density at radius 1 is 1.22 bits per heavy atom. The number of aliphatic hydroxyl groups excluding tert-OH is 1. The van der Waals surface area contributed by atoms with E-state index in [1.165, 1.54) is 11.2 Å². The van der Waals surface area contributed by atoms with Crippen molar-refractivity contribution in [3.63, 3.8) is 0 Å². The van der Waals surface area contributed by atoms with Crippen molar-refractivity contribution in [2.45, 2.75) is 33.2 Å². The maximum Gasteiger partial charge on any atom is 0.290 e. The minimum atomic E-state index is -0.735. The number of hydrogen-bond donors (Lipinski definition) is 1. The molecule has 142 valence electrons. The molecule has 1 aromatic carbocycles. The predicted molar refractivity (Wildman–Crippen MR) is 102 cm³/mol. The van der Waals surface area contributed by atoms with Gasteiger partial charge in [0, 0.05) is 17.0 Å². The van der Waals surface area contributed by atoms with Crippen molar-refractivity contribution in [2.24, 2.45) is 5.41 Å². The number of amides is 1. The van der Waals surface area contributed by atoms with E-state index < -0.39 is 23.1 Å². The van der Waals surface area contributed by atoms with Crippen molar-refractivity contribution in [3.8, 4) is 0 Å². The first-order chi connectivity index (χ1) is 12.7. The zero-order valence-corrected chi connectivity index (χ0v) is 16.3. The molecule has 0 saturated carbocycles. The predicted octanol–water partition coefficient (Wildman–Crippen LogP) is 4.49. The molecule has 1 aliphatic rings. The number of carbonyl (C=O) groups is 2. The van der Waals surface area contributed by atoms with Gasteiger partial charge in [-0.3, -0.25) is 9.59 Å². The summed E-state index contributed by atoms with van der Waals surface area (Å²) in [4.78, 5) is 27.2. The summed E-state index contributed by atoms with van der Waals surface area (Å²) in [6.07, 6.45) is 2.05. The molecule has 27 heavy (non-hydrogen) atoms. The number of halogens is 1. The van der Waals surface area contributed by atoms with Crippen LogP contribution in [0.5, 0.6) is 0 Å². The average molecular weight is 388 g/mol. The average Bonchev–Trinajstić information content (AvgIpc) is 3.21. The second kappa shape index (κ2) is 7.24. The molecule has 0 fully saturated rings. The Bertz CT molecular complexity index is 876. The number of hydrogen-bond acceptors (Lipinski definition) is 4. The lowest BCUT2D eigenvalue weighted by Gasteiger charge is -2.27. The van der Waals surface area contributed by atoms with Gasteiger partial charge in [0.05, 0.1) is 11.8 Å². The highest BCUT2D eigenvalue weighted by molar-refractivity contribution is 6.30. The first-order valence-corrected chi connectivity index (χ1v) is 9.14. The Labute approximate surface area is 163 Å². The molecule has 1 amide bonds. The smallest absolute Gasteiger partial charge is 0.290 e. The molecule has 1 unspecified atom stereocenters. The number of aliphatic hydroxyl groups is 1.